The average Bonchev–Trinajstić information content (AvgIpc) is 2.74. The van der Waals surface area contributed by atoms with Gasteiger partial charge in [0.15, 0.2) is 0 Å². The van der Waals surface area contributed by atoms with Crippen molar-refractivity contribution in [2.45, 2.75) is 36.2 Å². The maximum Gasteiger partial charge on any atom is 0.314 e. The number of hydrogen-bond acceptors (Lipinski definition) is 4. The highest BCUT2D eigenvalue weighted by Gasteiger charge is 2.33. The van der Waals surface area contributed by atoms with Gasteiger partial charge in [-0.25, -0.2) is 4.79 Å². The molecule has 2 aliphatic rings. The van der Waals surface area contributed by atoms with Crippen molar-refractivity contribution >= 4 is 17.8 Å². The molecule has 1 saturated heterocycles. The Morgan fingerprint density at radius 1 is 1.48 bits per heavy atom. The lowest BCUT2D eigenvalue weighted by Gasteiger charge is -2.31. The van der Waals surface area contributed by atoms with E-state index in [9.17, 15) is 4.79 Å². The van der Waals surface area contributed by atoms with Crippen molar-refractivity contribution in [2.75, 3.05) is 19.7 Å². The molecule has 1 atom stereocenters. The SMILES string of the molecule is CC1(C)Cc2cccc(SC3CN(C(N)=O)CCO3)c2O1. The monoisotopic (exact) mass is 308 g/mol. The van der Waals surface area contributed by atoms with Gasteiger partial charge in [0, 0.05) is 13.0 Å². The molecule has 1 aromatic rings. The van der Waals surface area contributed by atoms with Gasteiger partial charge in [0.05, 0.1) is 18.0 Å². The molecule has 6 heteroatoms. The van der Waals surface area contributed by atoms with Crippen LogP contribution < -0.4 is 10.5 Å². The minimum atomic E-state index is -0.389. The van der Waals surface area contributed by atoms with E-state index in [2.05, 4.69) is 19.9 Å². The smallest absolute Gasteiger partial charge is 0.314 e. The highest BCUT2D eigenvalue weighted by atomic mass is 32.2. The first-order valence-corrected chi connectivity index (χ1v) is 7.96. The number of benzene rings is 1. The van der Waals surface area contributed by atoms with Crippen LogP contribution in [0, 0.1) is 0 Å². The second-order valence-corrected chi connectivity index (χ2v) is 7.19. The molecule has 114 valence electrons. The summed E-state index contributed by atoms with van der Waals surface area (Å²) in [6, 6.07) is 5.79. The molecule has 0 aliphatic carbocycles. The minimum Gasteiger partial charge on any atom is -0.486 e. The standard InChI is InChI=1S/C15H20N2O3S/c1-15(2)8-10-4-3-5-11(13(10)20-15)21-12-9-17(14(16)18)6-7-19-12/h3-5,12H,6-9H2,1-2H3,(H2,16,18). The predicted octanol–water partition coefficient (Wildman–Crippen LogP) is 2.23. The third-order valence-electron chi connectivity index (χ3n) is 3.66. The third kappa shape index (κ3) is 3.11. The summed E-state index contributed by atoms with van der Waals surface area (Å²) in [6.07, 6.45) is 0.912. The first-order valence-electron chi connectivity index (χ1n) is 7.08. The summed E-state index contributed by atoms with van der Waals surface area (Å²) < 4.78 is 11.8. The van der Waals surface area contributed by atoms with Gasteiger partial charge in [-0.15, -0.1) is 0 Å². The molecule has 1 aromatic carbocycles. The number of thioether (sulfide) groups is 1. The van der Waals surface area contributed by atoms with Crippen molar-refractivity contribution in [3.05, 3.63) is 23.8 Å². The summed E-state index contributed by atoms with van der Waals surface area (Å²) in [6.45, 7) is 5.76. The van der Waals surface area contributed by atoms with Gasteiger partial charge in [-0.3, -0.25) is 0 Å². The molecule has 0 radical (unpaired) electrons. The summed E-state index contributed by atoms with van der Waals surface area (Å²) in [4.78, 5) is 14.0. The quantitative estimate of drug-likeness (QED) is 0.910. The van der Waals surface area contributed by atoms with Gasteiger partial charge in [0.2, 0.25) is 0 Å². The number of urea groups is 1. The molecule has 21 heavy (non-hydrogen) atoms. The Bertz CT molecular complexity index is 562. The van der Waals surface area contributed by atoms with Crippen LogP contribution in [0.15, 0.2) is 23.1 Å². The summed E-state index contributed by atoms with van der Waals surface area (Å²) in [7, 11) is 0. The van der Waals surface area contributed by atoms with E-state index in [1.54, 1.807) is 16.7 Å². The summed E-state index contributed by atoms with van der Waals surface area (Å²) in [5, 5.41) is 0. The van der Waals surface area contributed by atoms with Crippen LogP contribution in [0.25, 0.3) is 0 Å². The second-order valence-electron chi connectivity index (χ2n) is 5.99. The van der Waals surface area contributed by atoms with E-state index < -0.39 is 0 Å². The summed E-state index contributed by atoms with van der Waals surface area (Å²) in [5.74, 6) is 0.951. The van der Waals surface area contributed by atoms with Gasteiger partial charge in [0.25, 0.3) is 0 Å². The van der Waals surface area contributed by atoms with Gasteiger partial charge in [-0.05, 0) is 25.5 Å². The molecule has 2 aliphatic heterocycles. The van der Waals surface area contributed by atoms with Gasteiger partial charge in [-0.1, -0.05) is 23.9 Å². The lowest BCUT2D eigenvalue weighted by molar-refractivity contribution is 0.0353. The van der Waals surface area contributed by atoms with Crippen LogP contribution in [-0.2, 0) is 11.2 Å². The number of hydrogen-bond donors (Lipinski definition) is 1. The number of rotatable bonds is 2. The van der Waals surface area contributed by atoms with Crippen LogP contribution in [0.1, 0.15) is 19.4 Å². The molecular weight excluding hydrogens is 288 g/mol. The number of carbonyl (C=O) groups is 1. The van der Waals surface area contributed by atoms with Crippen molar-refractivity contribution in [1.82, 2.24) is 4.90 Å². The van der Waals surface area contributed by atoms with Gasteiger partial charge >= 0.3 is 6.03 Å². The van der Waals surface area contributed by atoms with E-state index in [0.717, 1.165) is 17.1 Å². The number of nitrogens with zero attached hydrogens (tertiary/aromatic N) is 1. The van der Waals surface area contributed by atoms with Crippen molar-refractivity contribution in [2.24, 2.45) is 5.73 Å². The molecule has 0 saturated carbocycles. The fraction of sp³-hybridized carbons (Fsp3) is 0.533. The first-order chi connectivity index (χ1) is 9.94. The molecule has 5 nitrogen and oxygen atoms in total. The molecule has 1 unspecified atom stereocenters. The summed E-state index contributed by atoms with van der Waals surface area (Å²) in [5.41, 5.74) is 6.31. The zero-order valence-electron chi connectivity index (χ0n) is 12.3. The van der Waals surface area contributed by atoms with E-state index in [1.165, 1.54) is 5.56 Å². The highest BCUT2D eigenvalue weighted by molar-refractivity contribution is 8.00. The van der Waals surface area contributed by atoms with Crippen molar-refractivity contribution in [1.29, 1.82) is 0 Å². The van der Waals surface area contributed by atoms with E-state index in [-0.39, 0.29) is 17.1 Å². The fourth-order valence-electron chi connectivity index (χ4n) is 2.71. The number of primary amides is 1. The Hall–Kier alpha value is -1.40. The van der Waals surface area contributed by atoms with Gasteiger partial charge < -0.3 is 20.1 Å². The van der Waals surface area contributed by atoms with Crippen molar-refractivity contribution in [3.8, 4) is 5.75 Å². The molecule has 0 spiro atoms. The molecule has 1 fully saturated rings. The van der Waals surface area contributed by atoms with E-state index in [0.29, 0.717) is 19.7 Å². The van der Waals surface area contributed by atoms with Gasteiger partial charge in [-0.2, -0.15) is 0 Å². The largest absolute Gasteiger partial charge is 0.486 e. The van der Waals surface area contributed by atoms with E-state index in [4.69, 9.17) is 15.2 Å². The summed E-state index contributed by atoms with van der Waals surface area (Å²) >= 11 is 1.60. The molecule has 2 heterocycles. The van der Waals surface area contributed by atoms with Crippen molar-refractivity contribution in [3.63, 3.8) is 0 Å². The van der Waals surface area contributed by atoms with Crippen LogP contribution in [0.4, 0.5) is 4.79 Å². The molecule has 2 amide bonds. The van der Waals surface area contributed by atoms with Crippen LogP contribution in [-0.4, -0.2) is 41.7 Å². The molecule has 2 N–H and O–H groups in total. The third-order valence-corrected chi connectivity index (χ3v) is 4.78. The number of fused-ring (bicyclic) bond motifs is 1. The van der Waals surface area contributed by atoms with Gasteiger partial charge in [0.1, 0.15) is 16.8 Å². The normalized spacial score (nSPS) is 23.5. The Morgan fingerprint density at radius 2 is 2.29 bits per heavy atom. The second kappa shape index (κ2) is 5.42. The number of ether oxygens (including phenoxy) is 2. The number of morpholine rings is 1. The maximum atomic E-state index is 11.3. The lowest BCUT2D eigenvalue weighted by Crippen LogP contribution is -2.46. The molecule has 0 bridgehead atoms. The Morgan fingerprint density at radius 3 is 3.05 bits per heavy atom. The van der Waals surface area contributed by atoms with E-state index >= 15 is 0 Å². The van der Waals surface area contributed by atoms with Crippen LogP contribution >= 0.6 is 11.8 Å². The topological polar surface area (TPSA) is 64.8 Å². The first kappa shape index (κ1) is 14.5. The molecule has 3 rings (SSSR count). The Kier molecular flexibility index (Phi) is 3.75. The molecular formula is C15H20N2O3S. The van der Waals surface area contributed by atoms with Crippen molar-refractivity contribution < 1.29 is 14.3 Å². The number of carbonyl (C=O) groups excluding carboxylic acids is 1. The highest BCUT2D eigenvalue weighted by Crippen LogP contribution is 2.43. The number of nitrogens with two attached hydrogens (primary N) is 1. The maximum absolute atomic E-state index is 11.3. The fourth-order valence-corrected chi connectivity index (χ4v) is 3.85. The zero-order chi connectivity index (χ0) is 15.0. The number of amides is 2. The predicted molar refractivity (Wildman–Crippen MR) is 81.6 cm³/mol. The van der Waals surface area contributed by atoms with Crippen LogP contribution in [0.3, 0.4) is 0 Å². The molecule has 0 aromatic heterocycles. The van der Waals surface area contributed by atoms with E-state index in [1.807, 2.05) is 12.1 Å². The average molecular weight is 308 g/mol. The Balaban J connectivity index is 1.75. The zero-order valence-corrected chi connectivity index (χ0v) is 13.1. The minimum absolute atomic E-state index is 0.106. The lowest BCUT2D eigenvalue weighted by atomic mass is 10.0. The van der Waals surface area contributed by atoms with Crippen LogP contribution in [0.2, 0.25) is 0 Å². The Labute approximate surface area is 128 Å². The van der Waals surface area contributed by atoms with Crippen LogP contribution in [0.5, 0.6) is 5.75 Å². The number of para-hydroxylation sites is 1.